The van der Waals surface area contributed by atoms with Crippen LogP contribution in [0.15, 0.2) is 0 Å². The highest BCUT2D eigenvalue weighted by Crippen LogP contribution is 2.24. The monoisotopic (exact) mass is 227 g/mol. The van der Waals surface area contributed by atoms with E-state index in [2.05, 4.69) is 24.1 Å². The molecule has 0 radical (unpaired) electrons. The molecule has 0 saturated carbocycles. The van der Waals surface area contributed by atoms with Crippen molar-refractivity contribution in [2.75, 3.05) is 39.8 Å². The van der Waals surface area contributed by atoms with E-state index >= 15 is 0 Å². The molecule has 5 nitrogen and oxygen atoms in total. The van der Waals surface area contributed by atoms with Crippen molar-refractivity contribution in [2.24, 2.45) is 0 Å². The number of carbonyl (C=O) groups is 1. The van der Waals surface area contributed by atoms with E-state index in [9.17, 15) is 4.79 Å². The Morgan fingerprint density at radius 1 is 1.44 bits per heavy atom. The molecule has 1 N–H and O–H groups in total. The van der Waals surface area contributed by atoms with Crippen molar-refractivity contribution in [1.29, 1.82) is 0 Å². The predicted octanol–water partition coefficient (Wildman–Crippen LogP) is 0.121. The van der Waals surface area contributed by atoms with Crippen LogP contribution in [0.5, 0.6) is 0 Å². The first kappa shape index (κ1) is 11.7. The molecular formula is C11H21N3O2. The fourth-order valence-corrected chi connectivity index (χ4v) is 2.77. The van der Waals surface area contributed by atoms with Crippen LogP contribution < -0.4 is 5.32 Å². The molecule has 1 amide bonds. The molecule has 1 unspecified atom stereocenters. The van der Waals surface area contributed by atoms with Gasteiger partial charge in [-0.2, -0.15) is 0 Å². The zero-order valence-electron chi connectivity index (χ0n) is 10.3. The maximum Gasteiger partial charge on any atom is 0.409 e. The number of nitrogens with one attached hydrogen (secondary N) is 1. The Kier molecular flexibility index (Phi) is 3.08. The van der Waals surface area contributed by atoms with Crippen LogP contribution in [-0.4, -0.2) is 67.3 Å². The quantitative estimate of drug-likeness (QED) is 0.638. The van der Waals surface area contributed by atoms with Crippen molar-refractivity contribution < 1.29 is 9.53 Å². The molecular weight excluding hydrogens is 206 g/mol. The average molecular weight is 227 g/mol. The summed E-state index contributed by atoms with van der Waals surface area (Å²) in [6, 6.07) is 0.414. The molecule has 2 aliphatic rings. The first-order valence-corrected chi connectivity index (χ1v) is 5.85. The minimum atomic E-state index is -0.206. The highest BCUT2D eigenvalue weighted by atomic mass is 16.5. The number of fused-ring (bicyclic) bond motifs is 1. The van der Waals surface area contributed by atoms with Gasteiger partial charge >= 0.3 is 6.09 Å². The molecule has 0 aromatic heterocycles. The number of hydrogen-bond donors (Lipinski definition) is 1. The summed E-state index contributed by atoms with van der Waals surface area (Å²) in [6.07, 6.45) is -0.206. The maximum absolute atomic E-state index is 11.5. The summed E-state index contributed by atoms with van der Waals surface area (Å²) >= 11 is 0. The molecule has 5 heteroatoms. The molecule has 2 saturated heterocycles. The zero-order valence-corrected chi connectivity index (χ0v) is 10.3. The summed E-state index contributed by atoms with van der Waals surface area (Å²) in [6.45, 7) is 8.95. The van der Waals surface area contributed by atoms with Crippen LogP contribution >= 0.6 is 0 Å². The summed E-state index contributed by atoms with van der Waals surface area (Å²) in [5, 5.41) is 3.43. The lowest BCUT2D eigenvalue weighted by atomic mass is 9.94. The fourth-order valence-electron chi connectivity index (χ4n) is 2.77. The molecule has 0 aromatic carbocycles. The Balaban J connectivity index is 2.03. The Hall–Kier alpha value is -0.810. The molecule has 2 rings (SSSR count). The van der Waals surface area contributed by atoms with Crippen LogP contribution in [0.1, 0.15) is 13.8 Å². The number of rotatable bonds is 0. The lowest BCUT2D eigenvalue weighted by Crippen LogP contribution is -2.69. The van der Waals surface area contributed by atoms with Gasteiger partial charge in [-0.25, -0.2) is 4.79 Å². The van der Waals surface area contributed by atoms with E-state index in [1.54, 1.807) is 4.90 Å². The molecule has 92 valence electrons. The number of amides is 1. The van der Waals surface area contributed by atoms with E-state index in [0.29, 0.717) is 6.04 Å². The Morgan fingerprint density at radius 2 is 2.19 bits per heavy atom. The van der Waals surface area contributed by atoms with Crippen LogP contribution in [-0.2, 0) is 4.74 Å². The second-order valence-electron chi connectivity index (χ2n) is 5.21. The minimum absolute atomic E-state index is 0.186. The Labute approximate surface area is 96.7 Å². The first-order valence-electron chi connectivity index (χ1n) is 5.85. The zero-order chi connectivity index (χ0) is 11.8. The predicted molar refractivity (Wildman–Crippen MR) is 61.4 cm³/mol. The number of carbonyl (C=O) groups excluding carboxylic acids is 1. The summed E-state index contributed by atoms with van der Waals surface area (Å²) in [5.41, 5.74) is 0.186. The van der Waals surface area contributed by atoms with E-state index < -0.39 is 0 Å². The summed E-state index contributed by atoms with van der Waals surface area (Å²) < 4.78 is 4.77. The van der Waals surface area contributed by atoms with Crippen LogP contribution in [0.2, 0.25) is 0 Å². The number of ether oxygens (including phenoxy) is 1. The van der Waals surface area contributed by atoms with Crippen LogP contribution in [0, 0.1) is 0 Å². The highest BCUT2D eigenvalue weighted by molar-refractivity contribution is 5.67. The Morgan fingerprint density at radius 3 is 2.88 bits per heavy atom. The summed E-state index contributed by atoms with van der Waals surface area (Å²) in [7, 11) is 1.44. The largest absolute Gasteiger partial charge is 0.453 e. The SMILES string of the molecule is COC(=O)N1CCN2C(CNCC2(C)C)C1. The van der Waals surface area contributed by atoms with Gasteiger partial charge in [0, 0.05) is 44.3 Å². The lowest BCUT2D eigenvalue weighted by molar-refractivity contribution is -0.0170. The summed E-state index contributed by atoms with van der Waals surface area (Å²) in [5.74, 6) is 0. The van der Waals surface area contributed by atoms with Crippen molar-refractivity contribution in [2.45, 2.75) is 25.4 Å². The first-order chi connectivity index (χ1) is 7.54. The number of hydrogen-bond acceptors (Lipinski definition) is 4. The average Bonchev–Trinajstić information content (AvgIpc) is 2.27. The van der Waals surface area contributed by atoms with Gasteiger partial charge in [-0.15, -0.1) is 0 Å². The van der Waals surface area contributed by atoms with E-state index in [4.69, 9.17) is 4.74 Å². The van der Waals surface area contributed by atoms with Gasteiger partial charge in [-0.05, 0) is 13.8 Å². The van der Waals surface area contributed by atoms with Gasteiger partial charge in [-0.3, -0.25) is 4.90 Å². The third-order valence-corrected chi connectivity index (χ3v) is 3.63. The third-order valence-electron chi connectivity index (χ3n) is 3.63. The van der Waals surface area contributed by atoms with Crippen LogP contribution in [0.3, 0.4) is 0 Å². The topological polar surface area (TPSA) is 44.8 Å². The van der Waals surface area contributed by atoms with E-state index in [1.807, 2.05) is 0 Å². The van der Waals surface area contributed by atoms with Gasteiger partial charge in [0.1, 0.15) is 0 Å². The smallest absolute Gasteiger partial charge is 0.409 e. The van der Waals surface area contributed by atoms with E-state index in [-0.39, 0.29) is 11.6 Å². The molecule has 0 aliphatic carbocycles. The van der Waals surface area contributed by atoms with Crippen molar-refractivity contribution in [3.05, 3.63) is 0 Å². The second-order valence-corrected chi connectivity index (χ2v) is 5.21. The van der Waals surface area contributed by atoms with Gasteiger partial charge in [0.2, 0.25) is 0 Å². The maximum atomic E-state index is 11.5. The van der Waals surface area contributed by atoms with Crippen molar-refractivity contribution in [1.82, 2.24) is 15.1 Å². The van der Waals surface area contributed by atoms with Crippen LogP contribution in [0.25, 0.3) is 0 Å². The van der Waals surface area contributed by atoms with Gasteiger partial charge < -0.3 is 15.0 Å². The van der Waals surface area contributed by atoms with E-state index in [1.165, 1.54) is 7.11 Å². The minimum Gasteiger partial charge on any atom is -0.453 e. The normalized spacial score (nSPS) is 29.7. The van der Waals surface area contributed by atoms with Crippen molar-refractivity contribution in [3.8, 4) is 0 Å². The van der Waals surface area contributed by atoms with Crippen molar-refractivity contribution in [3.63, 3.8) is 0 Å². The molecule has 2 fully saturated rings. The van der Waals surface area contributed by atoms with Gasteiger partial charge in [0.25, 0.3) is 0 Å². The summed E-state index contributed by atoms with van der Waals surface area (Å²) in [4.78, 5) is 15.8. The molecule has 2 aliphatic heterocycles. The number of methoxy groups -OCH3 is 1. The van der Waals surface area contributed by atoms with Crippen molar-refractivity contribution >= 4 is 6.09 Å². The van der Waals surface area contributed by atoms with Gasteiger partial charge in [0.15, 0.2) is 0 Å². The Bertz CT molecular complexity index is 280. The molecule has 2 heterocycles. The van der Waals surface area contributed by atoms with Crippen LogP contribution in [0.4, 0.5) is 4.79 Å². The van der Waals surface area contributed by atoms with E-state index in [0.717, 1.165) is 32.7 Å². The third kappa shape index (κ3) is 2.01. The molecule has 1 atom stereocenters. The lowest BCUT2D eigenvalue weighted by Gasteiger charge is -2.52. The van der Waals surface area contributed by atoms with Gasteiger partial charge in [0.05, 0.1) is 7.11 Å². The number of nitrogens with zero attached hydrogens (tertiary/aromatic N) is 2. The molecule has 0 bridgehead atoms. The van der Waals surface area contributed by atoms with Gasteiger partial charge in [-0.1, -0.05) is 0 Å². The molecule has 0 aromatic rings. The number of piperazine rings is 2. The molecule has 0 spiro atoms. The highest BCUT2D eigenvalue weighted by Gasteiger charge is 2.40. The second kappa shape index (κ2) is 4.22. The molecule has 16 heavy (non-hydrogen) atoms. The fraction of sp³-hybridized carbons (Fsp3) is 0.909. The standard InChI is InChI=1S/C11H21N3O2/c1-11(2)8-12-6-9-7-13(10(15)16-3)4-5-14(9)11/h9,12H,4-8H2,1-3H3.